The van der Waals surface area contributed by atoms with Gasteiger partial charge in [-0.05, 0) is 25.3 Å². The number of amides is 1. The largest absolute Gasteiger partial charge is 0.370 e. The monoisotopic (exact) mass is 291 g/mol. The summed E-state index contributed by atoms with van der Waals surface area (Å²) in [5.74, 6) is -0.148. The van der Waals surface area contributed by atoms with E-state index in [-0.39, 0.29) is 24.0 Å². The van der Waals surface area contributed by atoms with Crippen molar-refractivity contribution in [2.75, 3.05) is 31.1 Å². The quantitative estimate of drug-likeness (QED) is 0.647. The fourth-order valence-electron chi connectivity index (χ4n) is 2.61. The molecule has 1 fully saturated rings. The molecule has 0 spiro atoms. The van der Waals surface area contributed by atoms with Crippen LogP contribution in [0.4, 0.5) is 0 Å². The molecule has 1 aliphatic heterocycles. The first-order chi connectivity index (χ1) is 8.85. The molecule has 2 atom stereocenters. The molecule has 0 bridgehead atoms. The summed E-state index contributed by atoms with van der Waals surface area (Å²) in [6, 6.07) is 0.264. The second-order valence-electron chi connectivity index (χ2n) is 5.33. The molecule has 0 aromatic heterocycles. The van der Waals surface area contributed by atoms with Gasteiger partial charge < -0.3 is 11.5 Å². The Balaban J connectivity index is 2.48. The lowest BCUT2D eigenvalue weighted by Gasteiger charge is -2.39. The van der Waals surface area contributed by atoms with Gasteiger partial charge in [0.1, 0.15) is 0 Å². The lowest BCUT2D eigenvalue weighted by Crippen LogP contribution is -2.50. The number of hydrogen-bond acceptors (Lipinski definition) is 5. The first-order valence-corrected chi connectivity index (χ1v) is 8.60. The lowest BCUT2D eigenvalue weighted by molar-refractivity contribution is -0.117. The van der Waals surface area contributed by atoms with Gasteiger partial charge in [0, 0.05) is 25.6 Å². The van der Waals surface area contributed by atoms with Crippen LogP contribution in [0.25, 0.3) is 0 Å². The maximum absolute atomic E-state index is 11.8. The molecule has 4 N–H and O–H groups in total. The zero-order valence-electron chi connectivity index (χ0n) is 11.5. The normalized spacial score (nSPS) is 25.4. The van der Waals surface area contributed by atoms with E-state index in [4.69, 9.17) is 11.5 Å². The number of primary amides is 1. The van der Waals surface area contributed by atoms with Crippen molar-refractivity contribution in [2.24, 2.45) is 17.4 Å². The molecule has 1 amide bonds. The summed E-state index contributed by atoms with van der Waals surface area (Å²) in [6.07, 6.45) is 2.13. The highest BCUT2D eigenvalue weighted by Gasteiger charge is 2.28. The van der Waals surface area contributed by atoms with E-state index in [0.717, 1.165) is 19.4 Å². The number of piperidine rings is 1. The molecule has 1 saturated heterocycles. The third-order valence-electron chi connectivity index (χ3n) is 3.82. The van der Waals surface area contributed by atoms with Crippen molar-refractivity contribution in [3.63, 3.8) is 0 Å². The van der Waals surface area contributed by atoms with Gasteiger partial charge in [0.15, 0.2) is 9.84 Å². The van der Waals surface area contributed by atoms with E-state index in [1.54, 1.807) is 0 Å². The van der Waals surface area contributed by atoms with E-state index in [2.05, 4.69) is 11.8 Å². The van der Waals surface area contributed by atoms with Crippen LogP contribution in [0.1, 0.15) is 26.2 Å². The van der Waals surface area contributed by atoms with Gasteiger partial charge in [0.2, 0.25) is 5.91 Å². The molecule has 0 saturated carbocycles. The molecule has 112 valence electrons. The van der Waals surface area contributed by atoms with Crippen LogP contribution in [-0.2, 0) is 14.6 Å². The van der Waals surface area contributed by atoms with Crippen molar-refractivity contribution in [2.45, 2.75) is 32.2 Å². The highest BCUT2D eigenvalue weighted by molar-refractivity contribution is 7.91. The molecular formula is C12H25N3O3S. The number of sulfone groups is 1. The molecule has 19 heavy (non-hydrogen) atoms. The predicted molar refractivity (Wildman–Crippen MR) is 75.3 cm³/mol. The average molecular weight is 291 g/mol. The van der Waals surface area contributed by atoms with Crippen molar-refractivity contribution in [3.8, 4) is 0 Å². The molecular weight excluding hydrogens is 266 g/mol. The Morgan fingerprint density at radius 2 is 2.05 bits per heavy atom. The number of carbonyl (C=O) groups is 1. The lowest BCUT2D eigenvalue weighted by atomic mass is 9.91. The standard InChI is InChI=1S/C12H25N3O3S/c1-10-3-2-5-15(11(10)9-13)6-8-19(17,18)7-4-12(14)16/h10-11H,2-9,13H2,1H3,(H2,14,16). The van der Waals surface area contributed by atoms with Crippen molar-refractivity contribution >= 4 is 15.7 Å². The molecule has 1 rings (SSSR count). The van der Waals surface area contributed by atoms with Gasteiger partial charge >= 0.3 is 0 Å². The van der Waals surface area contributed by atoms with Crippen molar-refractivity contribution in [1.82, 2.24) is 4.90 Å². The summed E-state index contributed by atoms with van der Waals surface area (Å²) < 4.78 is 23.6. The third-order valence-corrected chi connectivity index (χ3v) is 5.45. The summed E-state index contributed by atoms with van der Waals surface area (Å²) in [7, 11) is -3.21. The first kappa shape index (κ1) is 16.4. The zero-order valence-corrected chi connectivity index (χ0v) is 12.4. The first-order valence-electron chi connectivity index (χ1n) is 6.78. The van der Waals surface area contributed by atoms with Gasteiger partial charge in [-0.15, -0.1) is 0 Å². The van der Waals surface area contributed by atoms with Crippen molar-refractivity contribution < 1.29 is 13.2 Å². The smallest absolute Gasteiger partial charge is 0.218 e. The number of rotatable bonds is 7. The average Bonchev–Trinajstić information content (AvgIpc) is 2.34. The van der Waals surface area contributed by atoms with E-state index < -0.39 is 15.7 Å². The topological polar surface area (TPSA) is 106 Å². The minimum atomic E-state index is -3.21. The van der Waals surface area contributed by atoms with Gasteiger partial charge in [-0.1, -0.05) is 6.92 Å². The number of likely N-dealkylation sites (tertiary alicyclic amines) is 1. The maximum Gasteiger partial charge on any atom is 0.218 e. The number of carbonyl (C=O) groups excluding carboxylic acids is 1. The number of hydrogen-bond donors (Lipinski definition) is 2. The third kappa shape index (κ3) is 5.46. The van der Waals surface area contributed by atoms with Gasteiger partial charge in [-0.25, -0.2) is 8.42 Å². The Bertz CT molecular complexity index is 397. The van der Waals surface area contributed by atoms with Crippen LogP contribution in [0.3, 0.4) is 0 Å². The Morgan fingerprint density at radius 1 is 1.37 bits per heavy atom. The number of nitrogens with zero attached hydrogens (tertiary/aromatic N) is 1. The SMILES string of the molecule is CC1CCCN(CCS(=O)(=O)CCC(N)=O)C1CN. The highest BCUT2D eigenvalue weighted by atomic mass is 32.2. The second-order valence-corrected chi connectivity index (χ2v) is 7.63. The van der Waals surface area contributed by atoms with E-state index in [1.807, 2.05) is 0 Å². The van der Waals surface area contributed by atoms with Crippen LogP contribution in [0.2, 0.25) is 0 Å². The molecule has 7 heteroatoms. The van der Waals surface area contributed by atoms with Crippen LogP contribution in [0.5, 0.6) is 0 Å². The molecule has 0 aromatic carbocycles. The van der Waals surface area contributed by atoms with Gasteiger partial charge in [-0.3, -0.25) is 9.69 Å². The van der Waals surface area contributed by atoms with E-state index in [0.29, 0.717) is 19.0 Å². The predicted octanol–water partition coefficient (Wildman–Crippen LogP) is -0.664. The second kappa shape index (κ2) is 7.21. The van der Waals surface area contributed by atoms with E-state index in [9.17, 15) is 13.2 Å². The Hall–Kier alpha value is -0.660. The van der Waals surface area contributed by atoms with E-state index in [1.165, 1.54) is 0 Å². The molecule has 2 unspecified atom stereocenters. The fraction of sp³-hybridized carbons (Fsp3) is 0.917. The molecule has 1 heterocycles. The fourth-order valence-corrected chi connectivity index (χ4v) is 3.84. The Kier molecular flexibility index (Phi) is 6.22. The Labute approximate surface area is 115 Å². The van der Waals surface area contributed by atoms with Gasteiger partial charge in [0.05, 0.1) is 11.5 Å². The van der Waals surface area contributed by atoms with Crippen LogP contribution in [-0.4, -0.2) is 56.4 Å². The minimum Gasteiger partial charge on any atom is -0.370 e. The van der Waals surface area contributed by atoms with Crippen LogP contribution >= 0.6 is 0 Å². The Morgan fingerprint density at radius 3 is 2.63 bits per heavy atom. The van der Waals surface area contributed by atoms with Gasteiger partial charge in [0.25, 0.3) is 0 Å². The molecule has 0 aliphatic carbocycles. The summed E-state index contributed by atoms with van der Waals surface area (Å²) in [5, 5.41) is 0. The molecule has 1 aliphatic rings. The summed E-state index contributed by atoms with van der Waals surface area (Å²) >= 11 is 0. The van der Waals surface area contributed by atoms with Crippen LogP contribution in [0, 0.1) is 5.92 Å². The number of nitrogens with two attached hydrogens (primary N) is 2. The molecule has 0 aromatic rings. The zero-order chi connectivity index (χ0) is 14.5. The molecule has 0 radical (unpaired) electrons. The summed E-state index contributed by atoms with van der Waals surface area (Å²) in [6.45, 7) is 4.11. The summed E-state index contributed by atoms with van der Waals surface area (Å²) in [5.41, 5.74) is 10.7. The summed E-state index contributed by atoms with van der Waals surface area (Å²) in [4.78, 5) is 12.8. The molecule has 6 nitrogen and oxygen atoms in total. The van der Waals surface area contributed by atoms with Crippen LogP contribution < -0.4 is 11.5 Å². The van der Waals surface area contributed by atoms with Crippen molar-refractivity contribution in [3.05, 3.63) is 0 Å². The van der Waals surface area contributed by atoms with Gasteiger partial charge in [-0.2, -0.15) is 0 Å². The minimum absolute atomic E-state index is 0.0729. The van der Waals surface area contributed by atoms with Crippen molar-refractivity contribution in [1.29, 1.82) is 0 Å². The highest BCUT2D eigenvalue weighted by Crippen LogP contribution is 2.22. The maximum atomic E-state index is 11.8. The van der Waals surface area contributed by atoms with E-state index >= 15 is 0 Å². The van der Waals surface area contributed by atoms with Crippen LogP contribution in [0.15, 0.2) is 0 Å².